The molecule has 1 saturated carbocycles. The number of amides is 1. The molecule has 6 heteroatoms. The molecule has 1 atom stereocenters. The quantitative estimate of drug-likeness (QED) is 0.560. The molecule has 0 bridgehead atoms. The summed E-state index contributed by atoms with van der Waals surface area (Å²) in [5.41, 5.74) is 10.5. The predicted molar refractivity (Wildman–Crippen MR) is 118 cm³/mol. The van der Waals surface area contributed by atoms with Crippen molar-refractivity contribution in [3.8, 4) is 0 Å². The van der Waals surface area contributed by atoms with Crippen LogP contribution in [-0.2, 0) is 4.79 Å². The molecule has 0 radical (unpaired) electrons. The van der Waals surface area contributed by atoms with Gasteiger partial charge in [0.25, 0.3) is 0 Å². The largest absolute Gasteiger partial charge is 0.388 e. The Morgan fingerprint density at radius 1 is 1.30 bits per heavy atom. The van der Waals surface area contributed by atoms with Crippen LogP contribution in [0.2, 0.25) is 0 Å². The van der Waals surface area contributed by atoms with Gasteiger partial charge in [-0.1, -0.05) is 30.4 Å². The van der Waals surface area contributed by atoms with E-state index in [4.69, 9.17) is 10.7 Å². The molecule has 1 unspecified atom stereocenters. The minimum atomic E-state index is -0.247. The number of carbonyl (C=O) groups is 1. The lowest BCUT2D eigenvalue weighted by atomic mass is 9.97. The van der Waals surface area contributed by atoms with Gasteiger partial charge in [-0.2, -0.15) is 0 Å². The van der Waals surface area contributed by atoms with Gasteiger partial charge in [-0.3, -0.25) is 9.79 Å². The van der Waals surface area contributed by atoms with Crippen molar-refractivity contribution in [2.45, 2.75) is 38.6 Å². The molecule has 0 aromatic heterocycles. The highest BCUT2D eigenvalue weighted by atomic mass is 19.1. The van der Waals surface area contributed by atoms with E-state index in [1.54, 1.807) is 19.1 Å². The van der Waals surface area contributed by atoms with E-state index < -0.39 is 0 Å². The lowest BCUT2D eigenvalue weighted by Gasteiger charge is -2.31. The van der Waals surface area contributed by atoms with Crippen LogP contribution in [0.4, 0.5) is 4.39 Å². The molecule has 1 amide bonds. The van der Waals surface area contributed by atoms with Crippen molar-refractivity contribution in [2.24, 2.45) is 16.6 Å². The Hall–Kier alpha value is -2.89. The number of nitrogens with one attached hydrogen (secondary N) is 1. The van der Waals surface area contributed by atoms with Crippen molar-refractivity contribution in [2.75, 3.05) is 19.6 Å². The fourth-order valence-electron chi connectivity index (χ4n) is 3.90. The van der Waals surface area contributed by atoms with Crippen molar-refractivity contribution in [1.29, 1.82) is 0 Å². The van der Waals surface area contributed by atoms with Crippen LogP contribution < -0.4 is 11.1 Å². The van der Waals surface area contributed by atoms with E-state index in [1.165, 1.54) is 25.0 Å². The summed E-state index contributed by atoms with van der Waals surface area (Å²) in [5.74, 6) is 1.06. The first kappa shape index (κ1) is 20.4. The second-order valence-electron chi connectivity index (χ2n) is 8.32. The molecule has 30 heavy (non-hydrogen) atoms. The Kier molecular flexibility index (Phi) is 6.02. The number of allylic oxidation sites excluding steroid dienone is 2. The van der Waals surface area contributed by atoms with Gasteiger partial charge in [0, 0.05) is 37.7 Å². The first-order valence-electron chi connectivity index (χ1n) is 10.7. The minimum Gasteiger partial charge on any atom is -0.388 e. The number of hydrogen-bond acceptors (Lipinski definition) is 3. The van der Waals surface area contributed by atoms with Crippen LogP contribution in [-0.4, -0.2) is 42.3 Å². The van der Waals surface area contributed by atoms with E-state index in [1.807, 2.05) is 11.0 Å². The zero-order chi connectivity index (χ0) is 21.1. The average Bonchev–Trinajstić information content (AvgIpc) is 3.57. The summed E-state index contributed by atoms with van der Waals surface area (Å²) in [6.07, 6.45) is 10.3. The smallest absolute Gasteiger partial charge is 0.219 e. The van der Waals surface area contributed by atoms with Crippen LogP contribution in [0.15, 0.2) is 58.8 Å². The molecule has 3 aliphatic rings. The lowest BCUT2D eigenvalue weighted by Crippen LogP contribution is -2.41. The van der Waals surface area contributed by atoms with Crippen LogP contribution in [0, 0.1) is 11.7 Å². The number of nitrogens with zero attached hydrogens (tertiary/aromatic N) is 2. The van der Waals surface area contributed by atoms with Crippen molar-refractivity contribution in [1.82, 2.24) is 10.2 Å². The third kappa shape index (κ3) is 4.99. The normalized spacial score (nSPS) is 22.2. The monoisotopic (exact) mass is 408 g/mol. The molecule has 3 N–H and O–H groups in total. The number of rotatable bonds is 6. The summed E-state index contributed by atoms with van der Waals surface area (Å²) in [5, 5.41) is 3.57. The Bertz CT molecular complexity index is 925. The number of carbonyl (C=O) groups excluding carboxylic acids is 1. The van der Waals surface area contributed by atoms with Gasteiger partial charge in [-0.05, 0) is 48.4 Å². The SMILES string of the molecule is CC(=O)N1CCC(NCC2CC2)=C(C(N)=NC2C=C(c3ccc(F)cc3)C=CC2)C1. The third-order valence-corrected chi connectivity index (χ3v) is 5.93. The molecule has 0 spiro atoms. The Labute approximate surface area is 177 Å². The van der Waals surface area contributed by atoms with E-state index >= 15 is 0 Å². The predicted octanol–water partition coefficient (Wildman–Crippen LogP) is 3.40. The highest BCUT2D eigenvalue weighted by Crippen LogP contribution is 2.29. The van der Waals surface area contributed by atoms with Gasteiger partial charge in [-0.15, -0.1) is 0 Å². The first-order valence-corrected chi connectivity index (χ1v) is 10.7. The lowest BCUT2D eigenvalue weighted by molar-refractivity contribution is -0.128. The van der Waals surface area contributed by atoms with Crippen molar-refractivity contribution in [3.63, 3.8) is 0 Å². The number of benzene rings is 1. The molecule has 1 aliphatic heterocycles. The van der Waals surface area contributed by atoms with Gasteiger partial charge in [0.1, 0.15) is 11.7 Å². The fourth-order valence-corrected chi connectivity index (χ4v) is 3.90. The Morgan fingerprint density at radius 2 is 2.07 bits per heavy atom. The maximum atomic E-state index is 13.2. The fraction of sp³-hybridized carbons (Fsp3) is 0.417. The van der Waals surface area contributed by atoms with Gasteiger partial charge in [-0.25, -0.2) is 4.39 Å². The maximum Gasteiger partial charge on any atom is 0.219 e. The van der Waals surface area contributed by atoms with Crippen molar-refractivity contribution < 1.29 is 9.18 Å². The maximum absolute atomic E-state index is 13.2. The topological polar surface area (TPSA) is 70.7 Å². The standard InChI is InChI=1S/C24H29FN4O/c1-16(30)29-12-11-23(27-14-17-5-6-17)22(15-29)24(26)28-21-4-2-3-19(13-21)18-7-9-20(25)10-8-18/h2-3,7-10,13,17,21,27H,4-6,11-12,14-15H2,1H3,(H2,26,28). The number of nitrogens with two attached hydrogens (primary N) is 1. The van der Waals surface area contributed by atoms with Gasteiger partial charge < -0.3 is 16.0 Å². The third-order valence-electron chi connectivity index (χ3n) is 5.93. The van der Waals surface area contributed by atoms with Crippen LogP contribution in [0.5, 0.6) is 0 Å². The van der Waals surface area contributed by atoms with Crippen molar-refractivity contribution >= 4 is 17.3 Å². The Balaban J connectivity index is 1.56. The van der Waals surface area contributed by atoms with Crippen molar-refractivity contribution in [3.05, 3.63) is 65.1 Å². The summed E-state index contributed by atoms with van der Waals surface area (Å²) < 4.78 is 13.2. The van der Waals surface area contributed by atoms with Gasteiger partial charge >= 0.3 is 0 Å². The van der Waals surface area contributed by atoms with Gasteiger partial charge in [0.2, 0.25) is 5.91 Å². The van der Waals surface area contributed by atoms with E-state index in [-0.39, 0.29) is 17.8 Å². The summed E-state index contributed by atoms with van der Waals surface area (Å²) in [7, 11) is 0. The number of aliphatic imine (C=N–C) groups is 1. The van der Waals surface area contributed by atoms with E-state index in [9.17, 15) is 9.18 Å². The van der Waals surface area contributed by atoms with Gasteiger partial charge in [0.15, 0.2) is 0 Å². The van der Waals surface area contributed by atoms with Crippen LogP contribution in [0.1, 0.15) is 38.2 Å². The molecule has 2 aliphatic carbocycles. The van der Waals surface area contributed by atoms with Crippen LogP contribution in [0.25, 0.3) is 5.57 Å². The highest BCUT2D eigenvalue weighted by molar-refractivity contribution is 5.99. The molecular formula is C24H29FN4O. The van der Waals surface area contributed by atoms with E-state index in [0.717, 1.165) is 47.7 Å². The second-order valence-corrected chi connectivity index (χ2v) is 8.32. The van der Waals surface area contributed by atoms with E-state index in [0.29, 0.717) is 18.9 Å². The zero-order valence-electron chi connectivity index (χ0n) is 17.4. The second kappa shape index (κ2) is 8.86. The highest BCUT2D eigenvalue weighted by Gasteiger charge is 2.26. The molecule has 1 heterocycles. The molecule has 0 saturated heterocycles. The number of hydrogen-bond donors (Lipinski definition) is 2. The zero-order valence-corrected chi connectivity index (χ0v) is 17.4. The minimum absolute atomic E-state index is 0.0561. The Morgan fingerprint density at radius 3 is 2.77 bits per heavy atom. The summed E-state index contributed by atoms with van der Waals surface area (Å²) in [4.78, 5) is 18.5. The number of halogens is 1. The molecule has 1 aromatic carbocycles. The van der Waals surface area contributed by atoms with Crippen LogP contribution in [0.3, 0.4) is 0 Å². The molecule has 1 fully saturated rings. The van der Waals surface area contributed by atoms with Crippen LogP contribution >= 0.6 is 0 Å². The summed E-state index contributed by atoms with van der Waals surface area (Å²) >= 11 is 0. The molecule has 5 nitrogen and oxygen atoms in total. The average molecular weight is 409 g/mol. The molecule has 1 aromatic rings. The van der Waals surface area contributed by atoms with Gasteiger partial charge in [0.05, 0.1) is 12.6 Å². The van der Waals surface area contributed by atoms with E-state index in [2.05, 4.69) is 17.5 Å². The molecular weight excluding hydrogens is 379 g/mol. The molecule has 158 valence electrons. The molecule has 4 rings (SSSR count). The number of amidine groups is 1. The first-order chi connectivity index (χ1) is 14.5. The summed E-state index contributed by atoms with van der Waals surface area (Å²) in [6, 6.07) is 6.39. The summed E-state index contributed by atoms with van der Waals surface area (Å²) in [6.45, 7) is 3.76.